The maximum Gasteiger partial charge on any atom is 3.00 e. The van der Waals surface area contributed by atoms with Gasteiger partial charge in [0.2, 0.25) is 0 Å². The topological polar surface area (TPSA) is 0 Å². The standard InChI is InChI=1S/Al.In.3S/q2*+3;3*-2. The maximum atomic E-state index is 0. The fourth-order valence-electron chi connectivity index (χ4n) is 0. The molecule has 0 atom stereocenters. The summed E-state index contributed by atoms with van der Waals surface area (Å²) < 4.78 is 0. The van der Waals surface area contributed by atoms with Gasteiger partial charge in [0.1, 0.15) is 0 Å². The summed E-state index contributed by atoms with van der Waals surface area (Å²) in [6.07, 6.45) is 0. The first-order valence-corrected chi connectivity index (χ1v) is 0. The molecule has 0 aliphatic heterocycles. The summed E-state index contributed by atoms with van der Waals surface area (Å²) in [6.45, 7) is 0. The van der Waals surface area contributed by atoms with Crippen molar-refractivity contribution in [3.8, 4) is 0 Å². The Bertz CT molecular complexity index is 6.85. The molecule has 0 bridgehead atoms. The van der Waals surface area contributed by atoms with Gasteiger partial charge in [-0.3, -0.25) is 0 Å². The summed E-state index contributed by atoms with van der Waals surface area (Å²) >= 11 is 0. The van der Waals surface area contributed by atoms with Crippen molar-refractivity contribution in [2.45, 2.75) is 0 Å². The monoisotopic (exact) mass is 238 g/mol. The molecule has 0 nitrogen and oxygen atoms in total. The van der Waals surface area contributed by atoms with Crippen molar-refractivity contribution in [1.29, 1.82) is 0 Å². The Balaban J connectivity index is 0. The van der Waals surface area contributed by atoms with Gasteiger partial charge in [0.25, 0.3) is 0 Å². The van der Waals surface area contributed by atoms with Crippen LogP contribution in [0.5, 0.6) is 0 Å². The molecule has 0 aromatic heterocycles. The first-order chi connectivity index (χ1) is 0. The van der Waals surface area contributed by atoms with Crippen LogP contribution in [0.25, 0.3) is 0 Å². The summed E-state index contributed by atoms with van der Waals surface area (Å²) in [4.78, 5) is 0. The van der Waals surface area contributed by atoms with E-state index in [2.05, 4.69) is 0 Å². The third-order valence-electron chi connectivity index (χ3n) is 0. The average molecular weight is 238 g/mol. The quantitative estimate of drug-likeness (QED) is 0.486. The molecule has 0 aliphatic rings. The van der Waals surface area contributed by atoms with Crippen LogP contribution >= 0.6 is 0 Å². The first-order valence-electron chi connectivity index (χ1n) is 0. The van der Waals surface area contributed by atoms with E-state index < -0.39 is 0 Å². The Morgan fingerprint density at radius 2 is 0.600 bits per heavy atom. The normalized spacial score (nSPS) is 0. The molecule has 0 saturated heterocycles. The van der Waals surface area contributed by atoms with Gasteiger partial charge in [0.05, 0.1) is 0 Å². The second kappa shape index (κ2) is 31.9. The van der Waals surface area contributed by atoms with Crippen molar-refractivity contribution in [1.82, 2.24) is 0 Å². The summed E-state index contributed by atoms with van der Waals surface area (Å²) in [5.74, 6) is 0. The third-order valence-corrected chi connectivity index (χ3v) is 0. The van der Waals surface area contributed by atoms with Crippen LogP contribution in [0, 0.1) is 0 Å². The van der Waals surface area contributed by atoms with E-state index in [-0.39, 0.29) is 83.7 Å². The third kappa shape index (κ3) is 21.3. The van der Waals surface area contributed by atoms with E-state index in [1.807, 2.05) is 0 Å². The summed E-state index contributed by atoms with van der Waals surface area (Å²) in [6, 6.07) is 0. The van der Waals surface area contributed by atoms with Crippen LogP contribution in [-0.4, -0.2) is 43.2 Å². The van der Waals surface area contributed by atoms with Gasteiger partial charge in [-0.25, -0.2) is 0 Å². The molecule has 0 amide bonds. The molecule has 0 N–H and O–H groups in total. The van der Waals surface area contributed by atoms with Gasteiger partial charge in [-0.1, -0.05) is 0 Å². The van der Waals surface area contributed by atoms with E-state index in [0.29, 0.717) is 0 Å². The van der Waals surface area contributed by atoms with Crippen molar-refractivity contribution in [3.63, 3.8) is 0 Å². The SMILES string of the molecule is [Al+3].[In+3].[S-2].[S-2].[S-2]. The van der Waals surface area contributed by atoms with Gasteiger partial charge < -0.3 is 40.5 Å². The Kier molecular flexibility index (Phi) is 329. The zero-order chi connectivity index (χ0) is 0. The van der Waals surface area contributed by atoms with Gasteiger partial charge in [-0.15, -0.1) is 0 Å². The predicted octanol–water partition coefficient (Wildman–Crippen LogP) is -0.769. The maximum absolute atomic E-state index is 0. The zero-order valence-electron chi connectivity index (χ0n) is 2.38. The molecule has 5 heavy (non-hydrogen) atoms. The smallest absolute Gasteiger partial charge is 2.00 e. The van der Waals surface area contributed by atoms with Crippen LogP contribution in [0.1, 0.15) is 0 Å². The van der Waals surface area contributed by atoms with E-state index >= 15 is 0 Å². The van der Waals surface area contributed by atoms with E-state index in [4.69, 9.17) is 0 Å². The summed E-state index contributed by atoms with van der Waals surface area (Å²) in [5, 5.41) is 0. The Morgan fingerprint density at radius 3 is 0.600 bits per heavy atom. The number of rotatable bonds is 0. The van der Waals surface area contributed by atoms with Crippen LogP contribution in [0.3, 0.4) is 0 Å². The molecule has 0 aromatic rings. The molecule has 24 valence electrons. The molecule has 0 unspecified atom stereocenters. The van der Waals surface area contributed by atoms with Gasteiger partial charge in [0.15, 0.2) is 0 Å². The second-order valence-electron chi connectivity index (χ2n) is 0. The molecule has 0 heterocycles. The summed E-state index contributed by atoms with van der Waals surface area (Å²) in [5.41, 5.74) is 0. The van der Waals surface area contributed by atoms with Crippen molar-refractivity contribution in [2.24, 2.45) is 0 Å². The van der Waals surface area contributed by atoms with Gasteiger partial charge in [-0.2, -0.15) is 0 Å². The van der Waals surface area contributed by atoms with Crippen LogP contribution in [0.4, 0.5) is 0 Å². The minimum absolute atomic E-state index is 0. The fourth-order valence-corrected chi connectivity index (χ4v) is 0. The number of hydrogen-bond donors (Lipinski definition) is 0. The molecule has 0 saturated carbocycles. The minimum atomic E-state index is 0. The Hall–Kier alpha value is 2.45. The average Bonchev–Trinajstić information content (AvgIpc) is 0. The minimum Gasteiger partial charge on any atom is -2.00 e. The van der Waals surface area contributed by atoms with E-state index in [0.717, 1.165) is 0 Å². The van der Waals surface area contributed by atoms with Crippen molar-refractivity contribution in [2.75, 3.05) is 0 Å². The molecule has 5 heteroatoms. The van der Waals surface area contributed by atoms with E-state index in [9.17, 15) is 0 Å². The van der Waals surface area contributed by atoms with Gasteiger partial charge >= 0.3 is 43.2 Å². The van der Waals surface area contributed by atoms with E-state index in [1.165, 1.54) is 0 Å². The number of hydrogen-bond acceptors (Lipinski definition) is 0. The predicted molar refractivity (Wildman–Crippen MR) is 33.6 cm³/mol. The largest absolute Gasteiger partial charge is 3.00 e. The fraction of sp³-hybridized carbons (Fsp3) is 0. The Labute approximate surface area is 82.7 Å². The van der Waals surface area contributed by atoms with Crippen LogP contribution in [0.2, 0.25) is 0 Å². The van der Waals surface area contributed by atoms with Gasteiger partial charge in [0, 0.05) is 0 Å². The molecule has 0 spiro atoms. The Morgan fingerprint density at radius 1 is 0.600 bits per heavy atom. The molecular weight excluding hydrogens is 238 g/mol. The molecule has 0 aliphatic carbocycles. The van der Waals surface area contributed by atoms with Crippen LogP contribution < -0.4 is 0 Å². The first kappa shape index (κ1) is 51.6. The van der Waals surface area contributed by atoms with Crippen LogP contribution in [0.15, 0.2) is 0 Å². The zero-order valence-corrected chi connectivity index (χ0v) is 9.28. The van der Waals surface area contributed by atoms with Crippen molar-refractivity contribution in [3.05, 3.63) is 0 Å². The van der Waals surface area contributed by atoms with E-state index in [1.54, 1.807) is 0 Å². The second-order valence-corrected chi connectivity index (χ2v) is 0. The molecule has 0 aromatic carbocycles. The molecular formula is AlInS3. The van der Waals surface area contributed by atoms with Gasteiger partial charge in [-0.05, 0) is 0 Å². The van der Waals surface area contributed by atoms with Crippen molar-refractivity contribution >= 4 is 83.7 Å². The van der Waals surface area contributed by atoms with Crippen LogP contribution in [-0.2, 0) is 40.5 Å². The van der Waals surface area contributed by atoms with Crippen molar-refractivity contribution < 1.29 is 0 Å². The molecule has 0 rings (SSSR count). The summed E-state index contributed by atoms with van der Waals surface area (Å²) in [7, 11) is 0. The molecule has 0 fully saturated rings. The molecule has 0 radical (unpaired) electrons.